The van der Waals surface area contributed by atoms with E-state index in [0.29, 0.717) is 6.54 Å². The minimum absolute atomic E-state index is 0.707. The zero-order chi connectivity index (χ0) is 18.1. The van der Waals surface area contributed by atoms with Gasteiger partial charge in [-0.1, -0.05) is 18.2 Å². The van der Waals surface area contributed by atoms with Crippen LogP contribution in [0.25, 0.3) is 5.69 Å². The molecule has 0 fully saturated rings. The highest BCUT2D eigenvalue weighted by molar-refractivity contribution is 7.98. The molecule has 0 saturated heterocycles. The van der Waals surface area contributed by atoms with Crippen molar-refractivity contribution in [3.05, 3.63) is 47.3 Å². The molecule has 0 unspecified atom stereocenters. The number of guanidine groups is 1. The average molecular weight is 360 g/mol. The van der Waals surface area contributed by atoms with Gasteiger partial charge < -0.3 is 10.6 Å². The van der Waals surface area contributed by atoms with E-state index < -0.39 is 0 Å². The van der Waals surface area contributed by atoms with Gasteiger partial charge in [0, 0.05) is 25.8 Å². The summed E-state index contributed by atoms with van der Waals surface area (Å²) in [5.41, 5.74) is 4.47. The van der Waals surface area contributed by atoms with Gasteiger partial charge >= 0.3 is 0 Å². The highest BCUT2D eigenvalue weighted by Crippen LogP contribution is 2.16. The molecule has 136 valence electrons. The van der Waals surface area contributed by atoms with E-state index in [-0.39, 0.29) is 0 Å². The van der Waals surface area contributed by atoms with Crippen LogP contribution in [0.4, 0.5) is 0 Å². The van der Waals surface area contributed by atoms with Gasteiger partial charge in [-0.05, 0) is 56.4 Å². The third-order valence-electron chi connectivity index (χ3n) is 3.97. The maximum atomic E-state index is 4.61. The lowest BCUT2D eigenvalue weighted by atomic mass is 10.1. The van der Waals surface area contributed by atoms with Gasteiger partial charge in [-0.15, -0.1) is 0 Å². The minimum atomic E-state index is 0.707. The predicted molar refractivity (Wildman–Crippen MR) is 109 cm³/mol. The summed E-state index contributed by atoms with van der Waals surface area (Å²) in [7, 11) is 1.81. The lowest BCUT2D eigenvalue weighted by Gasteiger charge is -2.15. The van der Waals surface area contributed by atoms with Crippen LogP contribution in [0.1, 0.15) is 29.8 Å². The number of aryl methyl sites for hydroxylation is 2. The Kier molecular flexibility index (Phi) is 7.85. The maximum absolute atomic E-state index is 4.61. The van der Waals surface area contributed by atoms with E-state index in [2.05, 4.69) is 58.2 Å². The van der Waals surface area contributed by atoms with Crippen molar-refractivity contribution < 1.29 is 0 Å². The Bertz CT molecular complexity index is 693. The molecule has 0 aliphatic carbocycles. The predicted octanol–water partition coefficient (Wildman–Crippen LogP) is 3.30. The summed E-state index contributed by atoms with van der Waals surface area (Å²) in [6.07, 6.45) is 4.53. The Hall–Kier alpha value is -1.95. The third kappa shape index (κ3) is 5.81. The van der Waals surface area contributed by atoms with Gasteiger partial charge in [-0.2, -0.15) is 16.9 Å². The molecule has 0 radical (unpaired) electrons. The van der Waals surface area contributed by atoms with E-state index in [9.17, 15) is 0 Å². The number of unbranched alkanes of at least 4 members (excludes halogenated alkanes) is 1. The summed E-state index contributed by atoms with van der Waals surface area (Å²) in [5.74, 6) is 2.05. The van der Waals surface area contributed by atoms with Crippen molar-refractivity contribution in [3.8, 4) is 5.69 Å². The Morgan fingerprint density at radius 1 is 1.20 bits per heavy atom. The van der Waals surface area contributed by atoms with Gasteiger partial charge in [0.15, 0.2) is 5.96 Å². The fourth-order valence-electron chi connectivity index (χ4n) is 2.72. The van der Waals surface area contributed by atoms with Crippen molar-refractivity contribution in [3.63, 3.8) is 0 Å². The van der Waals surface area contributed by atoms with Crippen molar-refractivity contribution in [2.45, 2.75) is 33.2 Å². The number of aromatic nitrogens is 2. The molecule has 1 heterocycles. The highest BCUT2D eigenvalue weighted by Gasteiger charge is 2.09. The zero-order valence-corrected chi connectivity index (χ0v) is 16.5. The molecule has 0 spiro atoms. The summed E-state index contributed by atoms with van der Waals surface area (Å²) in [4.78, 5) is 4.31. The maximum Gasteiger partial charge on any atom is 0.191 e. The minimum Gasteiger partial charge on any atom is -0.356 e. The van der Waals surface area contributed by atoms with E-state index >= 15 is 0 Å². The summed E-state index contributed by atoms with van der Waals surface area (Å²) in [6, 6.07) is 10.4. The Morgan fingerprint density at radius 2 is 2.00 bits per heavy atom. The lowest BCUT2D eigenvalue weighted by molar-refractivity contribution is 0.730. The van der Waals surface area contributed by atoms with Gasteiger partial charge in [0.25, 0.3) is 0 Å². The van der Waals surface area contributed by atoms with Gasteiger partial charge in [0.2, 0.25) is 0 Å². The van der Waals surface area contributed by atoms with Crippen LogP contribution in [0.15, 0.2) is 35.3 Å². The average Bonchev–Trinajstić information content (AvgIpc) is 2.96. The monoisotopic (exact) mass is 359 g/mol. The largest absolute Gasteiger partial charge is 0.356 e. The lowest BCUT2D eigenvalue weighted by Crippen LogP contribution is -2.37. The molecule has 0 aliphatic heterocycles. The first kappa shape index (κ1) is 19.4. The van der Waals surface area contributed by atoms with Crippen molar-refractivity contribution in [1.82, 2.24) is 20.4 Å². The molecular weight excluding hydrogens is 330 g/mol. The molecule has 1 aromatic heterocycles. The number of hydrogen-bond acceptors (Lipinski definition) is 3. The smallest absolute Gasteiger partial charge is 0.191 e. The van der Waals surface area contributed by atoms with E-state index in [1.165, 1.54) is 17.7 Å². The normalized spacial score (nSPS) is 11.6. The van der Waals surface area contributed by atoms with Crippen LogP contribution in [0.2, 0.25) is 0 Å². The first-order chi connectivity index (χ1) is 12.2. The number of benzene rings is 1. The Morgan fingerprint density at radius 3 is 2.68 bits per heavy atom. The van der Waals surface area contributed by atoms with Crippen LogP contribution in [-0.4, -0.2) is 41.3 Å². The van der Waals surface area contributed by atoms with Gasteiger partial charge in [-0.3, -0.25) is 4.99 Å². The first-order valence-corrected chi connectivity index (χ1v) is 10.1. The Labute approximate surface area is 155 Å². The van der Waals surface area contributed by atoms with Crippen LogP contribution < -0.4 is 10.6 Å². The van der Waals surface area contributed by atoms with E-state index in [1.807, 2.05) is 36.5 Å². The zero-order valence-electron chi connectivity index (χ0n) is 15.7. The molecule has 2 rings (SSSR count). The molecule has 25 heavy (non-hydrogen) atoms. The van der Waals surface area contributed by atoms with Gasteiger partial charge in [-0.25, -0.2) is 4.68 Å². The molecule has 0 saturated carbocycles. The second-order valence-electron chi connectivity index (χ2n) is 6.02. The standard InChI is InChI=1S/C19H29N5S/c1-15-13-16(2)24(23-15)18-10-6-5-9-17(18)14-22-19(20-3)21-11-7-8-12-25-4/h5-6,9-10,13H,7-8,11-12,14H2,1-4H3,(H2,20,21,22). The number of nitrogens with zero attached hydrogens (tertiary/aromatic N) is 3. The van der Waals surface area contributed by atoms with Crippen LogP contribution >= 0.6 is 11.8 Å². The highest BCUT2D eigenvalue weighted by atomic mass is 32.2. The summed E-state index contributed by atoms with van der Waals surface area (Å²) >= 11 is 1.89. The van der Waals surface area contributed by atoms with Crippen molar-refractivity contribution in [2.24, 2.45) is 4.99 Å². The fraction of sp³-hybridized carbons (Fsp3) is 0.474. The quantitative estimate of drug-likeness (QED) is 0.431. The molecule has 2 N–H and O–H groups in total. The van der Waals surface area contributed by atoms with E-state index in [0.717, 1.165) is 36.0 Å². The molecule has 0 amide bonds. The molecule has 6 heteroatoms. The summed E-state index contributed by atoms with van der Waals surface area (Å²) in [5, 5.41) is 11.4. The van der Waals surface area contributed by atoms with Crippen LogP contribution in [0, 0.1) is 13.8 Å². The van der Waals surface area contributed by atoms with Crippen LogP contribution in [-0.2, 0) is 6.54 Å². The SMILES string of the molecule is CN=C(NCCCCSC)NCc1ccccc1-n1nc(C)cc1C. The third-order valence-corrected chi connectivity index (χ3v) is 4.66. The topological polar surface area (TPSA) is 54.2 Å². The van der Waals surface area contributed by atoms with Gasteiger partial charge in [0.1, 0.15) is 0 Å². The van der Waals surface area contributed by atoms with E-state index in [1.54, 1.807) is 0 Å². The second kappa shape index (κ2) is 10.1. The molecule has 5 nitrogen and oxygen atoms in total. The molecule has 0 bridgehead atoms. The number of nitrogens with one attached hydrogen (secondary N) is 2. The summed E-state index contributed by atoms with van der Waals surface area (Å²) < 4.78 is 2.00. The first-order valence-electron chi connectivity index (χ1n) is 8.70. The van der Waals surface area contributed by atoms with Gasteiger partial charge in [0.05, 0.1) is 11.4 Å². The number of thioether (sulfide) groups is 1. The molecular formula is C19H29N5S. The molecule has 1 aromatic carbocycles. The summed E-state index contributed by atoms with van der Waals surface area (Å²) in [6.45, 7) is 5.75. The van der Waals surface area contributed by atoms with Crippen molar-refractivity contribution in [1.29, 1.82) is 0 Å². The number of para-hydroxylation sites is 1. The van der Waals surface area contributed by atoms with Crippen molar-refractivity contribution >= 4 is 17.7 Å². The van der Waals surface area contributed by atoms with Crippen LogP contribution in [0.3, 0.4) is 0 Å². The Balaban J connectivity index is 1.97. The number of hydrogen-bond donors (Lipinski definition) is 2. The molecule has 0 atom stereocenters. The second-order valence-corrected chi connectivity index (χ2v) is 7.01. The number of aliphatic imine (C=N–C) groups is 1. The van der Waals surface area contributed by atoms with Crippen LogP contribution in [0.5, 0.6) is 0 Å². The fourth-order valence-corrected chi connectivity index (χ4v) is 3.21. The van der Waals surface area contributed by atoms with Crippen molar-refractivity contribution in [2.75, 3.05) is 25.6 Å². The molecule has 0 aliphatic rings. The number of rotatable bonds is 8. The van der Waals surface area contributed by atoms with E-state index in [4.69, 9.17) is 0 Å². The molecule has 2 aromatic rings.